The van der Waals surface area contributed by atoms with Crippen LogP contribution >= 0.6 is 0 Å². The van der Waals surface area contributed by atoms with Crippen LogP contribution < -0.4 is 0 Å². The van der Waals surface area contributed by atoms with Crippen molar-refractivity contribution in [2.45, 2.75) is 65.4 Å². The second-order valence-corrected chi connectivity index (χ2v) is 6.05. The molecular weight excluding hydrogens is 280 g/mol. The molecule has 0 saturated heterocycles. The SMILES string of the molecule is CCCCOC(OCCCC)(OCCCC)N(C)CN(C)C. The van der Waals surface area contributed by atoms with Crippen LogP contribution in [0.1, 0.15) is 59.3 Å². The Hall–Kier alpha value is -0.200. The topological polar surface area (TPSA) is 34.2 Å². The zero-order valence-corrected chi connectivity index (χ0v) is 15.7. The molecule has 0 bridgehead atoms. The quantitative estimate of drug-likeness (QED) is 0.341. The van der Waals surface area contributed by atoms with Gasteiger partial charge in [0, 0.05) is 0 Å². The van der Waals surface area contributed by atoms with Gasteiger partial charge in [-0.1, -0.05) is 40.0 Å². The minimum Gasteiger partial charge on any atom is -0.314 e. The van der Waals surface area contributed by atoms with E-state index in [1.54, 1.807) is 0 Å². The molecule has 0 aliphatic heterocycles. The molecule has 0 radical (unpaired) electrons. The smallest absolute Gasteiger partial charge is 0.314 e. The van der Waals surface area contributed by atoms with Crippen molar-refractivity contribution in [2.75, 3.05) is 47.6 Å². The number of nitrogens with zero attached hydrogens (tertiary/aromatic N) is 2. The Bertz CT molecular complexity index is 224. The molecule has 0 aromatic carbocycles. The Balaban J connectivity index is 4.90. The van der Waals surface area contributed by atoms with Gasteiger partial charge in [0.25, 0.3) is 0 Å². The zero-order chi connectivity index (χ0) is 16.8. The molecule has 0 spiro atoms. The van der Waals surface area contributed by atoms with Gasteiger partial charge in [-0.2, -0.15) is 0 Å². The summed E-state index contributed by atoms with van der Waals surface area (Å²) in [5.41, 5.74) is 0. The summed E-state index contributed by atoms with van der Waals surface area (Å²) in [4.78, 5) is 4.10. The van der Waals surface area contributed by atoms with E-state index in [9.17, 15) is 0 Å². The molecule has 0 rings (SSSR count). The zero-order valence-electron chi connectivity index (χ0n) is 15.7. The van der Waals surface area contributed by atoms with E-state index in [4.69, 9.17) is 14.2 Å². The van der Waals surface area contributed by atoms with Gasteiger partial charge in [0.15, 0.2) is 0 Å². The largest absolute Gasteiger partial charge is 0.354 e. The fourth-order valence-corrected chi connectivity index (χ4v) is 2.00. The van der Waals surface area contributed by atoms with E-state index in [1.165, 1.54) is 0 Å². The summed E-state index contributed by atoms with van der Waals surface area (Å²) in [5.74, 6) is 0. The van der Waals surface area contributed by atoms with Crippen LogP contribution in [-0.4, -0.2) is 63.5 Å². The molecular formula is C17H38N2O3. The van der Waals surface area contributed by atoms with Gasteiger partial charge in [-0.15, -0.1) is 0 Å². The third-order valence-electron chi connectivity index (χ3n) is 3.31. The highest BCUT2D eigenvalue weighted by Crippen LogP contribution is 2.22. The van der Waals surface area contributed by atoms with Crippen molar-refractivity contribution in [3.05, 3.63) is 0 Å². The van der Waals surface area contributed by atoms with Gasteiger partial charge in [0.2, 0.25) is 0 Å². The van der Waals surface area contributed by atoms with Crippen LogP contribution in [0.5, 0.6) is 0 Å². The highest BCUT2D eigenvalue weighted by Gasteiger charge is 2.39. The fraction of sp³-hybridized carbons (Fsp3) is 1.00. The Morgan fingerprint density at radius 1 is 0.682 bits per heavy atom. The molecule has 0 aliphatic carbocycles. The van der Waals surface area contributed by atoms with Gasteiger partial charge >= 0.3 is 6.10 Å². The van der Waals surface area contributed by atoms with Gasteiger partial charge in [0.05, 0.1) is 26.5 Å². The lowest BCUT2D eigenvalue weighted by atomic mass is 10.3. The molecule has 0 saturated carbocycles. The Kier molecular flexibility index (Phi) is 13.1. The number of hydrogen-bond donors (Lipinski definition) is 0. The monoisotopic (exact) mass is 318 g/mol. The third kappa shape index (κ3) is 9.06. The lowest BCUT2D eigenvalue weighted by Gasteiger charge is -2.40. The number of unbranched alkanes of at least 4 members (excludes halogenated alkanes) is 3. The molecule has 0 atom stereocenters. The maximum absolute atomic E-state index is 6.08. The first-order chi connectivity index (χ1) is 10.5. The van der Waals surface area contributed by atoms with Gasteiger partial charge in [-0.25, -0.2) is 4.90 Å². The van der Waals surface area contributed by atoms with Gasteiger partial charge in [0.1, 0.15) is 0 Å². The number of rotatable bonds is 15. The molecule has 0 N–H and O–H groups in total. The molecule has 0 amide bonds. The summed E-state index contributed by atoms with van der Waals surface area (Å²) >= 11 is 0. The average molecular weight is 319 g/mol. The summed E-state index contributed by atoms with van der Waals surface area (Å²) in [6.07, 6.45) is 5.24. The van der Waals surface area contributed by atoms with Crippen LogP contribution in [0.25, 0.3) is 0 Å². The van der Waals surface area contributed by atoms with Crippen molar-refractivity contribution in [3.63, 3.8) is 0 Å². The second kappa shape index (κ2) is 13.3. The maximum atomic E-state index is 6.08. The fourth-order valence-electron chi connectivity index (χ4n) is 2.00. The summed E-state index contributed by atoms with van der Waals surface area (Å²) in [6, 6.07) is 0. The Morgan fingerprint density at radius 3 is 1.32 bits per heavy atom. The second-order valence-electron chi connectivity index (χ2n) is 6.05. The molecule has 0 aliphatic rings. The van der Waals surface area contributed by atoms with Crippen LogP contribution in [0.3, 0.4) is 0 Å². The van der Waals surface area contributed by atoms with Gasteiger partial charge in [-0.05, 0) is 40.4 Å². The first-order valence-electron chi connectivity index (χ1n) is 8.80. The average Bonchev–Trinajstić information content (AvgIpc) is 2.46. The lowest BCUT2D eigenvalue weighted by molar-refractivity contribution is -0.446. The molecule has 0 heterocycles. The molecule has 0 aromatic heterocycles. The van der Waals surface area contributed by atoms with E-state index in [0.717, 1.165) is 38.5 Å². The van der Waals surface area contributed by atoms with E-state index >= 15 is 0 Å². The maximum Gasteiger partial charge on any atom is 0.354 e. The third-order valence-corrected chi connectivity index (χ3v) is 3.31. The standard InChI is InChI=1S/C17H38N2O3/c1-7-10-13-20-17(21-14-11-8-2,22-15-12-9-3)19(6)16-18(4)5/h7-16H2,1-6H3. The summed E-state index contributed by atoms with van der Waals surface area (Å²) in [5, 5.41) is 0. The minimum atomic E-state index is -1.07. The minimum absolute atomic E-state index is 0.645. The normalized spacial score (nSPS) is 12.5. The van der Waals surface area contributed by atoms with E-state index in [0.29, 0.717) is 26.5 Å². The van der Waals surface area contributed by atoms with E-state index in [-0.39, 0.29) is 0 Å². The van der Waals surface area contributed by atoms with Crippen molar-refractivity contribution in [2.24, 2.45) is 0 Å². The number of hydrogen-bond acceptors (Lipinski definition) is 5. The Morgan fingerprint density at radius 2 is 1.05 bits per heavy atom. The number of ether oxygens (including phenoxy) is 3. The lowest BCUT2D eigenvalue weighted by Crippen LogP contribution is -2.56. The van der Waals surface area contributed by atoms with Crippen LogP contribution in [0.2, 0.25) is 0 Å². The molecule has 5 nitrogen and oxygen atoms in total. The van der Waals surface area contributed by atoms with Crippen LogP contribution in [0.4, 0.5) is 0 Å². The molecule has 134 valence electrons. The van der Waals surface area contributed by atoms with Crippen molar-refractivity contribution in [1.29, 1.82) is 0 Å². The van der Waals surface area contributed by atoms with Gasteiger partial charge < -0.3 is 14.2 Å². The predicted octanol–water partition coefficient (Wildman–Crippen LogP) is 3.50. The van der Waals surface area contributed by atoms with Crippen molar-refractivity contribution >= 4 is 0 Å². The van der Waals surface area contributed by atoms with E-state index in [1.807, 2.05) is 26.0 Å². The van der Waals surface area contributed by atoms with Crippen LogP contribution in [0, 0.1) is 0 Å². The van der Waals surface area contributed by atoms with E-state index < -0.39 is 6.10 Å². The Labute approximate surface area is 137 Å². The van der Waals surface area contributed by atoms with Crippen molar-refractivity contribution in [1.82, 2.24) is 9.80 Å². The first-order valence-corrected chi connectivity index (χ1v) is 8.80. The first kappa shape index (κ1) is 21.8. The van der Waals surface area contributed by atoms with Crippen molar-refractivity contribution < 1.29 is 14.2 Å². The van der Waals surface area contributed by atoms with Gasteiger partial charge in [-0.3, -0.25) is 4.90 Å². The van der Waals surface area contributed by atoms with Crippen molar-refractivity contribution in [3.8, 4) is 0 Å². The van der Waals surface area contributed by atoms with E-state index in [2.05, 4.69) is 25.7 Å². The highest BCUT2D eigenvalue weighted by molar-refractivity contribution is 4.60. The van der Waals surface area contributed by atoms with Crippen LogP contribution in [-0.2, 0) is 14.2 Å². The predicted molar refractivity (Wildman–Crippen MR) is 91.6 cm³/mol. The van der Waals surface area contributed by atoms with Crippen LogP contribution in [0.15, 0.2) is 0 Å². The molecule has 22 heavy (non-hydrogen) atoms. The molecule has 0 unspecified atom stereocenters. The molecule has 0 aromatic rings. The summed E-state index contributed by atoms with van der Waals surface area (Å²) in [6.45, 7) is 9.12. The molecule has 5 heteroatoms. The highest BCUT2D eigenvalue weighted by atomic mass is 16.9. The molecule has 0 fully saturated rings. The summed E-state index contributed by atoms with van der Waals surface area (Å²) in [7, 11) is 6.06. The summed E-state index contributed by atoms with van der Waals surface area (Å²) < 4.78 is 18.2.